The summed E-state index contributed by atoms with van der Waals surface area (Å²) in [6.45, 7) is 10.5. The normalized spacial score (nSPS) is 33.0. The van der Waals surface area contributed by atoms with Crippen LogP contribution in [-0.4, -0.2) is 72.9 Å². The molecule has 2 aliphatic rings. The van der Waals surface area contributed by atoms with Crippen molar-refractivity contribution < 1.29 is 5.11 Å². The highest BCUT2D eigenvalue weighted by molar-refractivity contribution is 4.94. The zero-order valence-corrected chi connectivity index (χ0v) is 11.8. The van der Waals surface area contributed by atoms with Gasteiger partial charge in [0.1, 0.15) is 0 Å². The Morgan fingerprint density at radius 2 is 1.94 bits per heavy atom. The highest BCUT2D eigenvalue weighted by atomic mass is 16.3. The first-order chi connectivity index (χ1) is 8.80. The van der Waals surface area contributed by atoms with Gasteiger partial charge < -0.3 is 15.3 Å². The van der Waals surface area contributed by atoms with E-state index in [-0.39, 0.29) is 5.54 Å². The summed E-state index contributed by atoms with van der Waals surface area (Å²) >= 11 is 0. The van der Waals surface area contributed by atoms with Gasteiger partial charge in [0.15, 0.2) is 0 Å². The van der Waals surface area contributed by atoms with Gasteiger partial charge in [-0.05, 0) is 51.9 Å². The zero-order valence-electron chi connectivity index (χ0n) is 11.8. The zero-order chi connectivity index (χ0) is 12.8. The monoisotopic (exact) mass is 255 g/mol. The minimum absolute atomic E-state index is 0.0515. The van der Waals surface area contributed by atoms with Crippen LogP contribution in [0, 0.1) is 0 Å². The maximum Gasteiger partial charge on any atom is 0.0615 e. The first-order valence-corrected chi connectivity index (χ1v) is 7.60. The van der Waals surface area contributed by atoms with Crippen LogP contribution in [-0.2, 0) is 0 Å². The van der Waals surface area contributed by atoms with Crippen molar-refractivity contribution in [2.75, 3.05) is 52.4 Å². The lowest BCUT2D eigenvalue weighted by Crippen LogP contribution is -2.53. The molecule has 0 saturated carbocycles. The van der Waals surface area contributed by atoms with Crippen LogP contribution in [0.1, 0.15) is 32.6 Å². The Bertz CT molecular complexity index is 241. The quantitative estimate of drug-likeness (QED) is 0.771. The molecule has 0 amide bonds. The summed E-state index contributed by atoms with van der Waals surface area (Å²) in [5, 5.41) is 13.4. The van der Waals surface area contributed by atoms with Gasteiger partial charge in [-0.25, -0.2) is 0 Å². The average Bonchev–Trinajstić information content (AvgIpc) is 2.79. The lowest BCUT2D eigenvalue weighted by Gasteiger charge is -2.42. The molecule has 1 atom stereocenters. The Balaban J connectivity index is 2.03. The second-order valence-electron chi connectivity index (χ2n) is 5.76. The second kappa shape index (κ2) is 6.85. The molecule has 2 saturated heterocycles. The molecule has 1 unspecified atom stereocenters. The van der Waals surface area contributed by atoms with Crippen LogP contribution in [0.2, 0.25) is 0 Å². The molecule has 0 aliphatic carbocycles. The van der Waals surface area contributed by atoms with E-state index < -0.39 is 0 Å². The molecule has 0 spiro atoms. The van der Waals surface area contributed by atoms with Crippen LogP contribution in [0.15, 0.2) is 0 Å². The number of aliphatic hydroxyl groups excluding tert-OH is 1. The van der Waals surface area contributed by atoms with E-state index in [4.69, 9.17) is 0 Å². The molecule has 0 radical (unpaired) electrons. The molecule has 106 valence electrons. The van der Waals surface area contributed by atoms with E-state index in [1.807, 2.05) is 0 Å². The fourth-order valence-electron chi connectivity index (χ4n) is 3.45. The van der Waals surface area contributed by atoms with Gasteiger partial charge in [-0.2, -0.15) is 0 Å². The number of likely N-dealkylation sites (tertiary alicyclic amines) is 1. The van der Waals surface area contributed by atoms with Crippen LogP contribution in [0.3, 0.4) is 0 Å². The fraction of sp³-hybridized carbons (Fsp3) is 1.00. The summed E-state index contributed by atoms with van der Waals surface area (Å²) in [7, 11) is 0. The maximum absolute atomic E-state index is 9.99. The molecule has 0 aromatic carbocycles. The van der Waals surface area contributed by atoms with Gasteiger partial charge in [0.25, 0.3) is 0 Å². The molecule has 18 heavy (non-hydrogen) atoms. The third kappa shape index (κ3) is 3.23. The first-order valence-electron chi connectivity index (χ1n) is 7.60. The molecule has 4 nitrogen and oxygen atoms in total. The van der Waals surface area contributed by atoms with Crippen molar-refractivity contribution in [1.82, 2.24) is 15.1 Å². The van der Waals surface area contributed by atoms with Crippen LogP contribution < -0.4 is 5.32 Å². The van der Waals surface area contributed by atoms with Gasteiger partial charge in [0.2, 0.25) is 0 Å². The van der Waals surface area contributed by atoms with Crippen molar-refractivity contribution in [1.29, 1.82) is 0 Å². The van der Waals surface area contributed by atoms with E-state index in [1.165, 1.54) is 19.4 Å². The van der Waals surface area contributed by atoms with E-state index in [2.05, 4.69) is 22.0 Å². The fourth-order valence-corrected chi connectivity index (χ4v) is 3.45. The summed E-state index contributed by atoms with van der Waals surface area (Å²) in [5.74, 6) is 0. The molecule has 2 N–H and O–H groups in total. The van der Waals surface area contributed by atoms with Crippen molar-refractivity contribution in [3.63, 3.8) is 0 Å². The van der Waals surface area contributed by atoms with Crippen molar-refractivity contribution in [3.05, 3.63) is 0 Å². The summed E-state index contributed by atoms with van der Waals surface area (Å²) in [6.07, 6.45) is 4.70. The van der Waals surface area contributed by atoms with E-state index >= 15 is 0 Å². The third-order valence-corrected chi connectivity index (χ3v) is 4.76. The van der Waals surface area contributed by atoms with Crippen LogP contribution in [0.4, 0.5) is 0 Å². The van der Waals surface area contributed by atoms with Gasteiger partial charge in [-0.3, -0.25) is 4.90 Å². The Morgan fingerprint density at radius 1 is 1.06 bits per heavy atom. The SMILES string of the molecule is CCN1CCCC(CO)(N2CCCNCC2)CC1. The molecule has 2 fully saturated rings. The predicted octanol–water partition coefficient (Wildman–Crippen LogP) is 0.519. The summed E-state index contributed by atoms with van der Waals surface area (Å²) in [4.78, 5) is 5.08. The van der Waals surface area contributed by atoms with Gasteiger partial charge in [0.05, 0.1) is 6.61 Å². The highest BCUT2D eigenvalue weighted by Crippen LogP contribution is 2.29. The van der Waals surface area contributed by atoms with Crippen molar-refractivity contribution in [3.8, 4) is 0 Å². The van der Waals surface area contributed by atoms with Gasteiger partial charge in [-0.15, -0.1) is 0 Å². The van der Waals surface area contributed by atoms with Gasteiger partial charge >= 0.3 is 0 Å². The van der Waals surface area contributed by atoms with Crippen molar-refractivity contribution in [2.45, 2.75) is 38.1 Å². The van der Waals surface area contributed by atoms with Crippen molar-refractivity contribution >= 4 is 0 Å². The first kappa shape index (κ1) is 14.3. The van der Waals surface area contributed by atoms with Crippen molar-refractivity contribution in [2.24, 2.45) is 0 Å². The average molecular weight is 255 g/mol. The highest BCUT2D eigenvalue weighted by Gasteiger charge is 2.37. The van der Waals surface area contributed by atoms with Crippen LogP contribution in [0.5, 0.6) is 0 Å². The molecule has 2 heterocycles. The summed E-state index contributed by atoms with van der Waals surface area (Å²) in [6, 6.07) is 0. The summed E-state index contributed by atoms with van der Waals surface area (Å²) < 4.78 is 0. The maximum atomic E-state index is 9.99. The van der Waals surface area contributed by atoms with Gasteiger partial charge in [-0.1, -0.05) is 6.92 Å². The van der Waals surface area contributed by atoms with E-state index in [0.29, 0.717) is 6.61 Å². The molecule has 4 heteroatoms. The molecule has 2 rings (SSSR count). The molecule has 2 aliphatic heterocycles. The third-order valence-electron chi connectivity index (χ3n) is 4.76. The minimum atomic E-state index is 0.0515. The molecule has 0 bridgehead atoms. The predicted molar refractivity (Wildman–Crippen MR) is 74.8 cm³/mol. The lowest BCUT2D eigenvalue weighted by molar-refractivity contribution is 0.0216. The van der Waals surface area contributed by atoms with E-state index in [1.54, 1.807) is 0 Å². The number of hydrogen-bond acceptors (Lipinski definition) is 4. The Labute approximate surface area is 111 Å². The Hall–Kier alpha value is -0.160. The Kier molecular flexibility index (Phi) is 5.42. The number of nitrogens with zero attached hydrogens (tertiary/aromatic N) is 2. The number of rotatable bonds is 3. The largest absolute Gasteiger partial charge is 0.394 e. The van der Waals surface area contributed by atoms with E-state index in [9.17, 15) is 5.11 Å². The van der Waals surface area contributed by atoms with Crippen LogP contribution in [0.25, 0.3) is 0 Å². The van der Waals surface area contributed by atoms with E-state index in [0.717, 1.165) is 52.1 Å². The summed E-state index contributed by atoms with van der Waals surface area (Å²) in [5.41, 5.74) is 0.0515. The molecular weight excluding hydrogens is 226 g/mol. The minimum Gasteiger partial charge on any atom is -0.394 e. The van der Waals surface area contributed by atoms with Gasteiger partial charge in [0, 0.05) is 25.2 Å². The number of aliphatic hydroxyl groups is 1. The molecule has 0 aromatic rings. The lowest BCUT2D eigenvalue weighted by atomic mass is 9.89. The number of hydrogen-bond donors (Lipinski definition) is 2. The molecular formula is C14H29N3O. The topological polar surface area (TPSA) is 38.7 Å². The molecule has 0 aromatic heterocycles. The number of nitrogens with one attached hydrogen (secondary N) is 1. The standard InChI is InChI=1S/C14H29N3O/c1-2-16-9-3-5-14(13-18,6-11-16)17-10-4-7-15-8-12-17/h15,18H,2-13H2,1H3. The smallest absolute Gasteiger partial charge is 0.0615 e. The Morgan fingerprint density at radius 3 is 2.72 bits per heavy atom. The van der Waals surface area contributed by atoms with Crippen LogP contribution >= 0.6 is 0 Å². The second-order valence-corrected chi connectivity index (χ2v) is 5.76.